The number of aromatic nitrogens is 4. The molecular formula is C23H17FN4OS. The molecule has 2 heterocycles. The van der Waals surface area contributed by atoms with E-state index in [1.807, 2.05) is 25.1 Å². The zero-order valence-corrected chi connectivity index (χ0v) is 16.9. The molecule has 0 saturated carbocycles. The Morgan fingerprint density at radius 2 is 1.80 bits per heavy atom. The van der Waals surface area contributed by atoms with Crippen LogP contribution < -0.4 is 5.69 Å². The number of aryl methyl sites for hydroxylation is 1. The van der Waals surface area contributed by atoms with Gasteiger partial charge in [-0.2, -0.15) is 9.61 Å². The second-order valence-corrected chi connectivity index (χ2v) is 7.94. The van der Waals surface area contributed by atoms with Crippen molar-refractivity contribution in [2.24, 2.45) is 0 Å². The molecule has 0 atom stereocenters. The summed E-state index contributed by atoms with van der Waals surface area (Å²) >= 11 is 1.47. The van der Waals surface area contributed by atoms with E-state index in [1.54, 1.807) is 12.1 Å². The average molecular weight is 416 g/mol. The van der Waals surface area contributed by atoms with Crippen LogP contribution in [-0.4, -0.2) is 19.6 Å². The van der Waals surface area contributed by atoms with Crippen LogP contribution in [0.4, 0.5) is 4.39 Å². The van der Waals surface area contributed by atoms with Crippen LogP contribution in [-0.2, 0) is 5.75 Å². The summed E-state index contributed by atoms with van der Waals surface area (Å²) in [7, 11) is 0. The van der Waals surface area contributed by atoms with E-state index in [2.05, 4.69) is 39.3 Å². The summed E-state index contributed by atoms with van der Waals surface area (Å²) in [6.45, 7) is 1.82. The fourth-order valence-corrected chi connectivity index (χ4v) is 4.47. The third-order valence-corrected chi connectivity index (χ3v) is 5.95. The molecule has 0 unspecified atom stereocenters. The number of hydrogen-bond donors (Lipinski definition) is 1. The van der Waals surface area contributed by atoms with Crippen molar-refractivity contribution in [1.82, 2.24) is 19.6 Å². The quantitative estimate of drug-likeness (QED) is 0.420. The molecule has 5 rings (SSSR count). The van der Waals surface area contributed by atoms with Crippen LogP contribution in [0.5, 0.6) is 0 Å². The van der Waals surface area contributed by atoms with Gasteiger partial charge in [0.25, 0.3) is 0 Å². The zero-order valence-electron chi connectivity index (χ0n) is 16.1. The molecule has 0 aliphatic rings. The number of aromatic amines is 1. The number of thioether (sulfide) groups is 1. The van der Waals surface area contributed by atoms with Crippen molar-refractivity contribution >= 4 is 28.2 Å². The van der Waals surface area contributed by atoms with Gasteiger partial charge in [0, 0.05) is 11.3 Å². The van der Waals surface area contributed by atoms with Gasteiger partial charge in [0.2, 0.25) is 0 Å². The topological polar surface area (TPSA) is 63.1 Å². The summed E-state index contributed by atoms with van der Waals surface area (Å²) < 4.78 is 14.6. The molecule has 3 aromatic carbocycles. The fourth-order valence-electron chi connectivity index (χ4n) is 3.62. The highest BCUT2D eigenvalue weighted by molar-refractivity contribution is 7.98. The van der Waals surface area contributed by atoms with Crippen LogP contribution in [0.2, 0.25) is 0 Å². The van der Waals surface area contributed by atoms with Gasteiger partial charge in [-0.15, -0.1) is 0 Å². The van der Waals surface area contributed by atoms with E-state index >= 15 is 0 Å². The van der Waals surface area contributed by atoms with Gasteiger partial charge in [0.05, 0.1) is 5.69 Å². The minimum Gasteiger partial charge on any atom is -0.285 e. The smallest absolute Gasteiger partial charge is 0.285 e. The summed E-state index contributed by atoms with van der Waals surface area (Å²) in [6.07, 6.45) is 0. The molecule has 0 saturated heterocycles. The van der Waals surface area contributed by atoms with Crippen molar-refractivity contribution in [3.63, 3.8) is 0 Å². The minimum absolute atomic E-state index is 0.315. The van der Waals surface area contributed by atoms with E-state index in [0.717, 1.165) is 11.1 Å². The van der Waals surface area contributed by atoms with E-state index in [-0.39, 0.29) is 11.5 Å². The van der Waals surface area contributed by atoms with Gasteiger partial charge < -0.3 is 0 Å². The molecule has 7 heteroatoms. The van der Waals surface area contributed by atoms with E-state index in [9.17, 15) is 9.18 Å². The number of nitrogens with one attached hydrogen (secondary N) is 1. The molecule has 30 heavy (non-hydrogen) atoms. The van der Waals surface area contributed by atoms with Crippen molar-refractivity contribution in [3.05, 3.63) is 94.3 Å². The lowest BCUT2D eigenvalue weighted by Crippen LogP contribution is -2.19. The predicted molar refractivity (Wildman–Crippen MR) is 117 cm³/mol. The Morgan fingerprint density at radius 1 is 1.03 bits per heavy atom. The zero-order chi connectivity index (χ0) is 20.7. The molecule has 0 aliphatic carbocycles. The summed E-state index contributed by atoms with van der Waals surface area (Å²) in [5, 5.41) is 7.20. The number of fused-ring (bicyclic) bond motifs is 2. The third-order valence-electron chi connectivity index (χ3n) is 5.03. The minimum atomic E-state index is -0.350. The van der Waals surface area contributed by atoms with Crippen molar-refractivity contribution < 1.29 is 4.39 Å². The molecule has 0 amide bonds. The largest absolute Gasteiger partial charge is 0.350 e. The Kier molecular flexibility index (Phi) is 4.59. The van der Waals surface area contributed by atoms with Gasteiger partial charge in [0.15, 0.2) is 10.8 Å². The van der Waals surface area contributed by atoms with Crippen molar-refractivity contribution in [1.29, 1.82) is 0 Å². The van der Waals surface area contributed by atoms with Gasteiger partial charge in [-0.05, 0) is 41.0 Å². The first kappa shape index (κ1) is 18.6. The highest BCUT2D eigenvalue weighted by Crippen LogP contribution is 2.29. The maximum atomic E-state index is 13.3. The van der Waals surface area contributed by atoms with E-state index in [4.69, 9.17) is 0 Å². The molecule has 5 aromatic rings. The maximum Gasteiger partial charge on any atom is 0.350 e. The lowest BCUT2D eigenvalue weighted by Gasteiger charge is -2.06. The molecule has 0 spiro atoms. The first-order valence-corrected chi connectivity index (χ1v) is 10.4. The first-order valence-electron chi connectivity index (χ1n) is 9.45. The summed E-state index contributed by atoms with van der Waals surface area (Å²) in [6, 6.07) is 20.5. The van der Waals surface area contributed by atoms with Gasteiger partial charge in [0.1, 0.15) is 5.82 Å². The maximum absolute atomic E-state index is 13.3. The molecule has 2 aromatic heterocycles. The van der Waals surface area contributed by atoms with Gasteiger partial charge in [-0.25, -0.2) is 14.2 Å². The van der Waals surface area contributed by atoms with Crippen LogP contribution in [0.25, 0.3) is 27.5 Å². The molecule has 5 nitrogen and oxygen atoms in total. The number of benzene rings is 3. The number of hydrogen-bond acceptors (Lipinski definition) is 4. The van der Waals surface area contributed by atoms with Crippen LogP contribution >= 0.6 is 11.8 Å². The Hall–Kier alpha value is -3.45. The standard InChI is InChI=1S/C23H17FN4OS/c1-14-20(16-9-11-18(24)12-10-16)21-25-22(26-23(29)28(21)27-14)30-13-17-7-4-6-15-5-2-3-8-19(15)17/h2-12H,13H2,1H3,(H,25,26,29). The Bertz CT molecular complexity index is 1430. The SMILES string of the molecule is Cc1nn2c(=O)[nH]c(SCc3cccc4ccccc34)nc2c1-c1ccc(F)cc1. The van der Waals surface area contributed by atoms with Gasteiger partial charge in [-0.1, -0.05) is 66.4 Å². The Balaban J connectivity index is 1.55. The van der Waals surface area contributed by atoms with Crippen LogP contribution in [0, 0.1) is 12.7 Å². The lowest BCUT2D eigenvalue weighted by atomic mass is 10.1. The normalized spacial score (nSPS) is 11.4. The van der Waals surface area contributed by atoms with E-state index < -0.39 is 0 Å². The number of H-pyrrole nitrogens is 1. The van der Waals surface area contributed by atoms with E-state index in [0.29, 0.717) is 22.3 Å². The van der Waals surface area contributed by atoms with Crippen LogP contribution in [0.3, 0.4) is 0 Å². The monoisotopic (exact) mass is 416 g/mol. The Morgan fingerprint density at radius 3 is 2.63 bits per heavy atom. The van der Waals surface area contributed by atoms with Gasteiger partial charge >= 0.3 is 5.69 Å². The van der Waals surface area contributed by atoms with Crippen LogP contribution in [0.15, 0.2) is 76.7 Å². The highest BCUT2D eigenvalue weighted by Gasteiger charge is 2.16. The predicted octanol–water partition coefficient (Wildman–Crippen LogP) is 4.98. The third kappa shape index (κ3) is 3.27. The molecule has 0 bridgehead atoms. The van der Waals surface area contributed by atoms with Crippen LogP contribution in [0.1, 0.15) is 11.3 Å². The molecular weight excluding hydrogens is 399 g/mol. The molecule has 0 aliphatic heterocycles. The number of halogens is 1. The second kappa shape index (κ2) is 7.42. The van der Waals surface area contributed by atoms with Crippen molar-refractivity contribution in [3.8, 4) is 11.1 Å². The highest BCUT2D eigenvalue weighted by atomic mass is 32.2. The van der Waals surface area contributed by atoms with E-state index in [1.165, 1.54) is 44.7 Å². The Labute approximate surface area is 175 Å². The summed E-state index contributed by atoms with van der Waals surface area (Å²) in [5.41, 5.74) is 3.44. The fraction of sp³-hybridized carbons (Fsp3) is 0.0870. The number of nitrogens with zero attached hydrogens (tertiary/aromatic N) is 3. The van der Waals surface area contributed by atoms with Crippen molar-refractivity contribution in [2.75, 3.05) is 0 Å². The molecule has 1 N–H and O–H groups in total. The second-order valence-electron chi connectivity index (χ2n) is 6.98. The number of rotatable bonds is 4. The first-order chi connectivity index (χ1) is 14.6. The van der Waals surface area contributed by atoms with Crippen molar-refractivity contribution in [2.45, 2.75) is 17.8 Å². The summed E-state index contributed by atoms with van der Waals surface area (Å²) in [4.78, 5) is 20.1. The molecule has 148 valence electrons. The summed E-state index contributed by atoms with van der Waals surface area (Å²) in [5.74, 6) is 0.351. The van der Waals surface area contributed by atoms with Gasteiger partial charge in [-0.3, -0.25) is 4.98 Å². The molecule has 0 fully saturated rings. The lowest BCUT2D eigenvalue weighted by molar-refractivity contribution is 0.628. The molecule has 0 radical (unpaired) electrons. The average Bonchev–Trinajstić information content (AvgIpc) is 3.09.